The first-order valence-corrected chi connectivity index (χ1v) is 12.0. The highest BCUT2D eigenvalue weighted by Gasteiger charge is 2.37. The summed E-state index contributed by atoms with van der Waals surface area (Å²) in [7, 11) is -2.18. The molecular weight excluding hydrogens is 376 g/mol. The Balaban J connectivity index is 1.65. The SMILES string of the molecule is COc1ccc(C(=O)N2CCC[C@@H]3CCCC[C@@H]32)cc1S(=O)(=O)N1CCCC1. The number of amides is 1. The highest BCUT2D eigenvalue weighted by atomic mass is 32.2. The van der Waals surface area contributed by atoms with Gasteiger partial charge in [-0.15, -0.1) is 0 Å². The lowest BCUT2D eigenvalue weighted by molar-refractivity contribution is 0.0390. The first-order valence-electron chi connectivity index (χ1n) is 10.5. The van der Waals surface area contributed by atoms with Crippen LogP contribution in [0.2, 0.25) is 0 Å². The van der Waals surface area contributed by atoms with Crippen LogP contribution in [0.25, 0.3) is 0 Å². The number of hydrogen-bond acceptors (Lipinski definition) is 4. The van der Waals surface area contributed by atoms with E-state index in [1.165, 1.54) is 43.2 Å². The van der Waals surface area contributed by atoms with Crippen LogP contribution in [0.15, 0.2) is 23.1 Å². The molecule has 2 atom stereocenters. The number of likely N-dealkylation sites (tertiary alicyclic amines) is 1. The molecule has 0 unspecified atom stereocenters. The summed E-state index contributed by atoms with van der Waals surface area (Å²) < 4.78 is 33.1. The van der Waals surface area contributed by atoms with Gasteiger partial charge in [0, 0.05) is 31.2 Å². The standard InChI is InChI=1S/C21H30N2O4S/c1-27-19-11-10-17(15-20(19)28(25,26)22-12-4-5-13-22)21(24)23-14-6-8-16-7-2-3-9-18(16)23/h10-11,15-16,18H,2-9,12-14H2,1H3/t16-,18-/m0/s1. The van der Waals surface area contributed by atoms with E-state index in [-0.39, 0.29) is 10.8 Å². The molecule has 2 heterocycles. The third kappa shape index (κ3) is 3.54. The Kier molecular flexibility index (Phi) is 5.65. The van der Waals surface area contributed by atoms with Crippen molar-refractivity contribution in [3.63, 3.8) is 0 Å². The van der Waals surface area contributed by atoms with Crippen molar-refractivity contribution in [2.24, 2.45) is 5.92 Å². The molecule has 0 bridgehead atoms. The number of hydrogen-bond donors (Lipinski definition) is 0. The monoisotopic (exact) mass is 406 g/mol. The van der Waals surface area contributed by atoms with E-state index in [2.05, 4.69) is 0 Å². The zero-order valence-corrected chi connectivity index (χ0v) is 17.4. The van der Waals surface area contributed by atoms with Gasteiger partial charge < -0.3 is 9.64 Å². The summed E-state index contributed by atoms with van der Waals surface area (Å²) in [6, 6.07) is 5.16. The number of rotatable bonds is 4. The number of benzene rings is 1. The van der Waals surface area contributed by atoms with Crippen molar-refractivity contribution in [2.75, 3.05) is 26.7 Å². The van der Waals surface area contributed by atoms with Crippen molar-refractivity contribution in [1.29, 1.82) is 0 Å². The highest BCUT2D eigenvalue weighted by Crippen LogP contribution is 2.37. The fourth-order valence-corrected chi connectivity index (χ4v) is 6.82. The van der Waals surface area contributed by atoms with E-state index in [4.69, 9.17) is 4.74 Å². The van der Waals surface area contributed by atoms with Gasteiger partial charge >= 0.3 is 0 Å². The molecule has 0 spiro atoms. The van der Waals surface area contributed by atoms with Crippen LogP contribution < -0.4 is 4.74 Å². The van der Waals surface area contributed by atoms with Crippen molar-refractivity contribution in [2.45, 2.75) is 62.3 Å². The molecule has 0 radical (unpaired) electrons. The fraction of sp³-hybridized carbons (Fsp3) is 0.667. The Bertz CT molecular complexity index is 831. The number of carbonyl (C=O) groups excluding carboxylic acids is 1. The second-order valence-corrected chi connectivity index (χ2v) is 10.1. The minimum atomic E-state index is -3.65. The number of piperidine rings is 1. The van der Waals surface area contributed by atoms with Crippen LogP contribution in [-0.4, -0.2) is 56.3 Å². The average Bonchev–Trinajstić information content (AvgIpc) is 3.28. The van der Waals surface area contributed by atoms with E-state index in [0.717, 1.165) is 32.2 Å². The molecule has 1 amide bonds. The second kappa shape index (κ2) is 8.03. The molecule has 6 nitrogen and oxygen atoms in total. The summed E-state index contributed by atoms with van der Waals surface area (Å²) in [6.07, 6.45) is 8.66. The largest absolute Gasteiger partial charge is 0.495 e. The number of fused-ring (bicyclic) bond motifs is 1. The lowest BCUT2D eigenvalue weighted by Crippen LogP contribution is -2.49. The van der Waals surface area contributed by atoms with E-state index in [9.17, 15) is 13.2 Å². The molecular formula is C21H30N2O4S. The minimum absolute atomic E-state index is 0.0443. The van der Waals surface area contributed by atoms with E-state index in [1.54, 1.807) is 12.1 Å². The highest BCUT2D eigenvalue weighted by molar-refractivity contribution is 7.89. The van der Waals surface area contributed by atoms with Gasteiger partial charge in [0.25, 0.3) is 5.91 Å². The van der Waals surface area contributed by atoms with Crippen LogP contribution in [-0.2, 0) is 10.0 Å². The summed E-state index contributed by atoms with van der Waals surface area (Å²) in [5.41, 5.74) is 0.449. The summed E-state index contributed by atoms with van der Waals surface area (Å²) in [5.74, 6) is 0.854. The summed E-state index contributed by atoms with van der Waals surface area (Å²) in [6.45, 7) is 1.82. The molecule has 28 heavy (non-hydrogen) atoms. The molecule has 0 N–H and O–H groups in total. The van der Waals surface area contributed by atoms with E-state index in [1.807, 2.05) is 4.90 Å². The van der Waals surface area contributed by atoms with Gasteiger partial charge in [0.2, 0.25) is 10.0 Å². The topological polar surface area (TPSA) is 66.9 Å². The predicted molar refractivity (Wildman–Crippen MR) is 107 cm³/mol. The van der Waals surface area contributed by atoms with Crippen molar-refractivity contribution in [3.8, 4) is 5.75 Å². The average molecular weight is 407 g/mol. The maximum absolute atomic E-state index is 13.3. The predicted octanol–water partition coefficient (Wildman–Crippen LogP) is 3.27. The molecule has 1 aromatic carbocycles. The third-order valence-corrected chi connectivity index (χ3v) is 8.52. The molecule has 3 fully saturated rings. The van der Waals surface area contributed by atoms with Crippen LogP contribution in [0.5, 0.6) is 5.75 Å². The number of carbonyl (C=O) groups is 1. The van der Waals surface area contributed by atoms with Crippen molar-refractivity contribution in [3.05, 3.63) is 23.8 Å². The zero-order chi connectivity index (χ0) is 19.7. The van der Waals surface area contributed by atoms with Gasteiger partial charge in [-0.05, 0) is 62.6 Å². The molecule has 0 aromatic heterocycles. The molecule has 2 aliphatic heterocycles. The molecule has 2 saturated heterocycles. The van der Waals surface area contributed by atoms with Gasteiger partial charge in [0.15, 0.2) is 0 Å². The molecule has 4 rings (SSSR count). The van der Waals surface area contributed by atoms with Gasteiger partial charge in [-0.2, -0.15) is 4.31 Å². The van der Waals surface area contributed by atoms with Crippen LogP contribution in [0.4, 0.5) is 0 Å². The minimum Gasteiger partial charge on any atom is -0.495 e. The molecule has 3 aliphatic rings. The fourth-order valence-electron chi connectivity index (χ4n) is 5.12. The van der Waals surface area contributed by atoms with E-state index in [0.29, 0.717) is 36.4 Å². The maximum atomic E-state index is 13.3. The summed E-state index contributed by atoms with van der Waals surface area (Å²) in [5, 5.41) is 0. The quantitative estimate of drug-likeness (QED) is 0.770. The number of sulfonamides is 1. The smallest absolute Gasteiger partial charge is 0.254 e. The van der Waals surface area contributed by atoms with Crippen molar-refractivity contribution >= 4 is 15.9 Å². The van der Waals surface area contributed by atoms with Crippen LogP contribution in [0, 0.1) is 5.92 Å². The van der Waals surface area contributed by atoms with Crippen LogP contribution in [0.1, 0.15) is 61.7 Å². The Hall–Kier alpha value is -1.60. The Morgan fingerprint density at radius 1 is 1.00 bits per heavy atom. The number of nitrogens with zero attached hydrogens (tertiary/aromatic N) is 2. The first-order chi connectivity index (χ1) is 13.5. The summed E-state index contributed by atoms with van der Waals surface area (Å²) >= 11 is 0. The second-order valence-electron chi connectivity index (χ2n) is 8.23. The first kappa shape index (κ1) is 19.7. The Labute approximate surface area is 167 Å². The lowest BCUT2D eigenvalue weighted by atomic mass is 9.78. The van der Waals surface area contributed by atoms with Crippen LogP contribution in [0.3, 0.4) is 0 Å². The van der Waals surface area contributed by atoms with Gasteiger partial charge in [-0.1, -0.05) is 12.8 Å². The molecule has 1 aliphatic carbocycles. The lowest BCUT2D eigenvalue weighted by Gasteiger charge is -2.44. The van der Waals surface area contributed by atoms with Crippen molar-refractivity contribution in [1.82, 2.24) is 9.21 Å². The summed E-state index contributed by atoms with van der Waals surface area (Å²) in [4.78, 5) is 15.4. The molecule has 1 saturated carbocycles. The normalized spacial score (nSPS) is 26.1. The number of ether oxygens (including phenoxy) is 1. The Morgan fingerprint density at radius 2 is 1.71 bits per heavy atom. The van der Waals surface area contributed by atoms with Gasteiger partial charge in [0.05, 0.1) is 7.11 Å². The molecule has 1 aromatic rings. The van der Waals surface area contributed by atoms with Gasteiger partial charge in [-0.3, -0.25) is 4.79 Å². The van der Waals surface area contributed by atoms with Gasteiger partial charge in [0.1, 0.15) is 10.6 Å². The zero-order valence-electron chi connectivity index (χ0n) is 16.6. The van der Waals surface area contributed by atoms with Crippen LogP contribution >= 0.6 is 0 Å². The molecule has 154 valence electrons. The maximum Gasteiger partial charge on any atom is 0.254 e. The number of methoxy groups -OCH3 is 1. The van der Waals surface area contributed by atoms with E-state index >= 15 is 0 Å². The van der Waals surface area contributed by atoms with E-state index < -0.39 is 10.0 Å². The van der Waals surface area contributed by atoms with Crippen molar-refractivity contribution < 1.29 is 17.9 Å². The van der Waals surface area contributed by atoms with Gasteiger partial charge in [-0.25, -0.2) is 8.42 Å². The third-order valence-electron chi connectivity index (χ3n) is 6.60. The molecule has 7 heteroatoms. The Morgan fingerprint density at radius 3 is 2.46 bits per heavy atom.